The fraction of sp³-hybridized carbons (Fsp3) is 0. The average molecular weight is 322 g/mol. The number of rotatable bonds is 3. The summed E-state index contributed by atoms with van der Waals surface area (Å²) in [5.41, 5.74) is 0.656. The summed E-state index contributed by atoms with van der Waals surface area (Å²) in [5.74, 6) is 0.206. The molecule has 0 aliphatic rings. The predicted molar refractivity (Wildman–Crippen MR) is 88.1 cm³/mol. The monoisotopic (exact) mass is 322 g/mol. The van der Waals surface area contributed by atoms with Crippen LogP contribution in [0.4, 0.5) is 5.13 Å². The summed E-state index contributed by atoms with van der Waals surface area (Å²) in [7, 11) is 0. The van der Waals surface area contributed by atoms with Gasteiger partial charge in [-0.15, -0.1) is 21.5 Å². The Hall–Kier alpha value is -3.13. The smallest absolute Gasteiger partial charge is 0.250 e. The van der Waals surface area contributed by atoms with Crippen molar-refractivity contribution in [1.82, 2.24) is 24.8 Å². The number of nitrogens with one attached hydrogen (secondary N) is 1. The molecule has 1 N–H and O–H groups in total. The molecule has 0 aliphatic heterocycles. The van der Waals surface area contributed by atoms with Gasteiger partial charge in [0.15, 0.2) is 16.6 Å². The number of hydrogen-bond acceptors (Lipinski definition) is 6. The average Bonchev–Trinajstić information content (AvgIpc) is 3.22. The molecule has 8 heteroatoms. The van der Waals surface area contributed by atoms with E-state index in [1.54, 1.807) is 28.4 Å². The molecule has 7 nitrogen and oxygen atoms in total. The first-order valence-electron chi connectivity index (χ1n) is 6.79. The highest BCUT2D eigenvalue weighted by Gasteiger charge is 2.08. The zero-order valence-corrected chi connectivity index (χ0v) is 12.6. The molecular weight excluding hydrogens is 312 g/mol. The van der Waals surface area contributed by atoms with Crippen LogP contribution in [0.2, 0.25) is 0 Å². The summed E-state index contributed by atoms with van der Waals surface area (Å²) in [5, 5.41) is 19.5. The molecule has 112 valence electrons. The van der Waals surface area contributed by atoms with Gasteiger partial charge in [-0.3, -0.25) is 10.1 Å². The molecule has 0 saturated carbocycles. The van der Waals surface area contributed by atoms with Crippen LogP contribution in [0, 0.1) is 0 Å². The van der Waals surface area contributed by atoms with E-state index in [1.165, 1.54) is 17.4 Å². The van der Waals surface area contributed by atoms with Gasteiger partial charge in [0.05, 0.1) is 6.20 Å². The zero-order chi connectivity index (χ0) is 15.6. The minimum absolute atomic E-state index is 0.280. The molecule has 0 aliphatic carbocycles. The standard InChI is InChI=1S/C15H10N6OS/c22-13(18-15-16-7-8-23-15)6-5-12-19-20-14-11-4-2-1-3-10(11)9-17-21(12)14/h1-9H,(H,16,18,22)/b6-5+. The Morgan fingerprint density at radius 1 is 1.26 bits per heavy atom. The van der Waals surface area contributed by atoms with Crippen LogP contribution in [0.1, 0.15) is 5.82 Å². The number of carbonyl (C=O) groups is 1. The van der Waals surface area contributed by atoms with Crippen LogP contribution in [-0.2, 0) is 4.79 Å². The Morgan fingerprint density at radius 3 is 3.04 bits per heavy atom. The Labute approximate surface area is 134 Å². The van der Waals surface area contributed by atoms with Crippen LogP contribution in [0.3, 0.4) is 0 Å². The first kappa shape index (κ1) is 13.5. The van der Waals surface area contributed by atoms with Gasteiger partial charge in [-0.2, -0.15) is 9.61 Å². The van der Waals surface area contributed by atoms with E-state index in [2.05, 4.69) is 25.6 Å². The van der Waals surface area contributed by atoms with E-state index in [1.807, 2.05) is 24.3 Å². The van der Waals surface area contributed by atoms with Crippen molar-refractivity contribution in [3.05, 3.63) is 53.9 Å². The highest BCUT2D eigenvalue weighted by atomic mass is 32.1. The van der Waals surface area contributed by atoms with Gasteiger partial charge < -0.3 is 0 Å². The summed E-state index contributed by atoms with van der Waals surface area (Å²) in [4.78, 5) is 15.8. The van der Waals surface area contributed by atoms with Crippen molar-refractivity contribution >= 4 is 44.9 Å². The molecule has 3 heterocycles. The van der Waals surface area contributed by atoms with Gasteiger partial charge >= 0.3 is 0 Å². The molecule has 0 radical (unpaired) electrons. The number of benzene rings is 1. The minimum Gasteiger partial charge on any atom is -0.298 e. The van der Waals surface area contributed by atoms with Crippen molar-refractivity contribution in [2.45, 2.75) is 0 Å². The molecule has 4 rings (SSSR count). The largest absolute Gasteiger partial charge is 0.298 e. The summed E-state index contributed by atoms with van der Waals surface area (Å²) >= 11 is 1.36. The molecule has 0 unspecified atom stereocenters. The fourth-order valence-electron chi connectivity index (χ4n) is 2.19. The second-order valence-corrected chi connectivity index (χ2v) is 5.58. The lowest BCUT2D eigenvalue weighted by Gasteiger charge is -1.99. The Balaban J connectivity index is 1.65. The van der Waals surface area contributed by atoms with E-state index in [9.17, 15) is 4.79 Å². The van der Waals surface area contributed by atoms with Crippen LogP contribution >= 0.6 is 11.3 Å². The van der Waals surface area contributed by atoms with Crippen LogP contribution in [0.15, 0.2) is 48.1 Å². The SMILES string of the molecule is O=C(/C=C/c1nnc2c3ccccc3cnn12)Nc1nccs1. The Morgan fingerprint density at radius 2 is 2.17 bits per heavy atom. The maximum absolute atomic E-state index is 11.8. The number of nitrogens with zero attached hydrogens (tertiary/aromatic N) is 5. The third-order valence-electron chi connectivity index (χ3n) is 3.23. The van der Waals surface area contributed by atoms with Crippen LogP contribution in [-0.4, -0.2) is 30.7 Å². The van der Waals surface area contributed by atoms with Crippen molar-refractivity contribution in [3.8, 4) is 0 Å². The first-order valence-corrected chi connectivity index (χ1v) is 7.67. The van der Waals surface area contributed by atoms with E-state index < -0.39 is 0 Å². The number of fused-ring (bicyclic) bond motifs is 3. The molecule has 0 atom stereocenters. The number of amides is 1. The van der Waals surface area contributed by atoms with Gasteiger partial charge in [-0.1, -0.05) is 24.3 Å². The second-order valence-electron chi connectivity index (χ2n) is 4.69. The fourth-order valence-corrected chi connectivity index (χ4v) is 2.73. The van der Waals surface area contributed by atoms with Crippen molar-refractivity contribution in [2.24, 2.45) is 0 Å². The maximum atomic E-state index is 11.8. The van der Waals surface area contributed by atoms with E-state index in [-0.39, 0.29) is 5.91 Å². The van der Waals surface area contributed by atoms with Crippen molar-refractivity contribution in [2.75, 3.05) is 5.32 Å². The van der Waals surface area contributed by atoms with Gasteiger partial charge in [0.25, 0.3) is 0 Å². The molecular formula is C15H10N6OS. The second kappa shape index (κ2) is 5.58. The third kappa shape index (κ3) is 2.55. The molecule has 4 aromatic rings. The van der Waals surface area contributed by atoms with E-state index in [0.29, 0.717) is 16.6 Å². The maximum Gasteiger partial charge on any atom is 0.250 e. The van der Waals surface area contributed by atoms with E-state index in [0.717, 1.165) is 10.8 Å². The molecule has 23 heavy (non-hydrogen) atoms. The number of hydrogen-bond donors (Lipinski definition) is 1. The molecule has 1 amide bonds. The summed E-state index contributed by atoms with van der Waals surface area (Å²) in [6.07, 6.45) is 6.34. The summed E-state index contributed by atoms with van der Waals surface area (Å²) in [6, 6.07) is 7.81. The number of carbonyl (C=O) groups excluding carboxylic acids is 1. The van der Waals surface area contributed by atoms with E-state index >= 15 is 0 Å². The van der Waals surface area contributed by atoms with E-state index in [4.69, 9.17) is 0 Å². The highest BCUT2D eigenvalue weighted by molar-refractivity contribution is 7.13. The summed E-state index contributed by atoms with van der Waals surface area (Å²) < 4.78 is 1.61. The summed E-state index contributed by atoms with van der Waals surface area (Å²) in [6.45, 7) is 0. The molecule has 0 fully saturated rings. The molecule has 3 aromatic heterocycles. The normalized spacial score (nSPS) is 11.5. The van der Waals surface area contributed by atoms with Crippen molar-refractivity contribution < 1.29 is 4.79 Å². The number of thiazole rings is 1. The lowest BCUT2D eigenvalue weighted by Crippen LogP contribution is -2.07. The van der Waals surface area contributed by atoms with Crippen molar-refractivity contribution in [1.29, 1.82) is 0 Å². The van der Waals surface area contributed by atoms with Crippen LogP contribution in [0.25, 0.3) is 22.5 Å². The number of anilines is 1. The Bertz CT molecular complexity index is 1020. The lowest BCUT2D eigenvalue weighted by molar-refractivity contribution is -0.111. The molecule has 0 spiro atoms. The first-order chi connectivity index (χ1) is 11.3. The number of aromatic nitrogens is 5. The topological polar surface area (TPSA) is 85.1 Å². The molecule has 1 aromatic carbocycles. The van der Waals surface area contributed by atoms with Crippen molar-refractivity contribution in [3.63, 3.8) is 0 Å². The minimum atomic E-state index is -0.280. The molecule has 0 bridgehead atoms. The van der Waals surface area contributed by atoms with Crippen LogP contribution in [0.5, 0.6) is 0 Å². The third-order valence-corrected chi connectivity index (χ3v) is 3.91. The van der Waals surface area contributed by atoms with Gasteiger partial charge in [-0.25, -0.2) is 4.98 Å². The quantitative estimate of drug-likeness (QED) is 0.585. The van der Waals surface area contributed by atoms with Gasteiger partial charge in [0.2, 0.25) is 5.91 Å². The van der Waals surface area contributed by atoms with Gasteiger partial charge in [0, 0.05) is 28.4 Å². The van der Waals surface area contributed by atoms with Gasteiger partial charge in [-0.05, 0) is 6.08 Å². The van der Waals surface area contributed by atoms with Gasteiger partial charge in [0.1, 0.15) is 0 Å². The highest BCUT2D eigenvalue weighted by Crippen LogP contribution is 2.17. The van der Waals surface area contributed by atoms with Crippen LogP contribution < -0.4 is 5.32 Å². The lowest BCUT2D eigenvalue weighted by atomic mass is 10.2. The Kier molecular flexibility index (Phi) is 3.28. The molecule has 0 saturated heterocycles. The zero-order valence-electron chi connectivity index (χ0n) is 11.7. The predicted octanol–water partition coefficient (Wildman–Crippen LogP) is 2.39.